The summed E-state index contributed by atoms with van der Waals surface area (Å²) in [5, 5.41) is 2.88. The molecule has 148 valence electrons. The molecule has 1 aliphatic heterocycles. The summed E-state index contributed by atoms with van der Waals surface area (Å²) in [6.45, 7) is 1.17. The van der Waals surface area contributed by atoms with E-state index in [1.54, 1.807) is 43.0 Å². The van der Waals surface area contributed by atoms with Crippen molar-refractivity contribution in [3.63, 3.8) is 0 Å². The Bertz CT molecular complexity index is 1010. The Hall–Kier alpha value is -3.62. The Morgan fingerprint density at radius 1 is 1.14 bits per heavy atom. The van der Waals surface area contributed by atoms with Crippen LogP contribution in [0, 0.1) is 11.7 Å². The fourth-order valence-electron chi connectivity index (χ4n) is 3.31. The molecule has 2 amide bonds. The predicted molar refractivity (Wildman–Crippen MR) is 103 cm³/mol. The third-order valence-corrected chi connectivity index (χ3v) is 4.77. The Kier molecular flexibility index (Phi) is 5.28. The largest absolute Gasteiger partial charge is 0.354 e. The standard InChI is InChI=1S/C20H19FN6O2/c21-15-2-4-16(5-3-15)27-13-14(12-17(27)28)20(29)25-9-11-26-10-8-24-19(26)18-22-6-1-7-23-18/h1-8,10,14H,9,11-13H2,(H,25,29)/t14-/m0/s1. The Labute approximate surface area is 166 Å². The quantitative estimate of drug-likeness (QED) is 0.686. The lowest BCUT2D eigenvalue weighted by Crippen LogP contribution is -2.34. The smallest absolute Gasteiger partial charge is 0.227 e. The van der Waals surface area contributed by atoms with E-state index in [-0.39, 0.29) is 30.6 Å². The van der Waals surface area contributed by atoms with Gasteiger partial charge in [0.1, 0.15) is 5.82 Å². The molecule has 0 bridgehead atoms. The molecule has 0 spiro atoms. The second-order valence-corrected chi connectivity index (χ2v) is 6.69. The molecule has 0 saturated carbocycles. The van der Waals surface area contributed by atoms with Crippen LogP contribution in [-0.2, 0) is 16.1 Å². The van der Waals surface area contributed by atoms with Crippen molar-refractivity contribution in [1.82, 2.24) is 24.8 Å². The lowest BCUT2D eigenvalue weighted by Gasteiger charge is -2.16. The highest BCUT2D eigenvalue weighted by Gasteiger charge is 2.34. The van der Waals surface area contributed by atoms with Crippen LogP contribution in [0.4, 0.5) is 10.1 Å². The van der Waals surface area contributed by atoms with Crippen LogP contribution in [0.25, 0.3) is 11.6 Å². The zero-order valence-electron chi connectivity index (χ0n) is 15.5. The maximum atomic E-state index is 13.1. The number of amides is 2. The van der Waals surface area contributed by atoms with Crippen LogP contribution >= 0.6 is 0 Å². The molecule has 4 rings (SSSR count). The van der Waals surface area contributed by atoms with Gasteiger partial charge in [-0.3, -0.25) is 9.59 Å². The van der Waals surface area contributed by atoms with Gasteiger partial charge in [-0.25, -0.2) is 19.3 Å². The van der Waals surface area contributed by atoms with Gasteiger partial charge < -0.3 is 14.8 Å². The first kappa shape index (κ1) is 18.7. The molecule has 1 fully saturated rings. The molecule has 1 saturated heterocycles. The number of imidazole rings is 1. The summed E-state index contributed by atoms with van der Waals surface area (Å²) in [6, 6.07) is 7.42. The summed E-state index contributed by atoms with van der Waals surface area (Å²) < 4.78 is 14.9. The van der Waals surface area contributed by atoms with E-state index in [0.717, 1.165) is 0 Å². The van der Waals surface area contributed by atoms with E-state index in [9.17, 15) is 14.0 Å². The van der Waals surface area contributed by atoms with Crippen molar-refractivity contribution in [3.8, 4) is 11.6 Å². The molecule has 1 atom stereocenters. The third-order valence-electron chi connectivity index (χ3n) is 4.77. The van der Waals surface area contributed by atoms with Gasteiger partial charge in [0.05, 0.1) is 5.92 Å². The van der Waals surface area contributed by atoms with Crippen LogP contribution in [0.2, 0.25) is 0 Å². The number of nitrogens with one attached hydrogen (secondary N) is 1. The topological polar surface area (TPSA) is 93.0 Å². The number of nitrogens with zero attached hydrogens (tertiary/aromatic N) is 5. The van der Waals surface area contributed by atoms with Crippen molar-refractivity contribution in [2.24, 2.45) is 5.92 Å². The van der Waals surface area contributed by atoms with Gasteiger partial charge in [0.25, 0.3) is 0 Å². The molecule has 29 heavy (non-hydrogen) atoms. The second kappa shape index (κ2) is 8.17. The normalized spacial score (nSPS) is 16.2. The van der Waals surface area contributed by atoms with Crippen LogP contribution < -0.4 is 10.2 Å². The van der Waals surface area contributed by atoms with Crippen molar-refractivity contribution < 1.29 is 14.0 Å². The van der Waals surface area contributed by atoms with Crippen LogP contribution in [0.3, 0.4) is 0 Å². The molecule has 1 N–H and O–H groups in total. The second-order valence-electron chi connectivity index (χ2n) is 6.69. The van der Waals surface area contributed by atoms with Crippen molar-refractivity contribution >= 4 is 17.5 Å². The zero-order valence-corrected chi connectivity index (χ0v) is 15.5. The minimum absolute atomic E-state index is 0.136. The lowest BCUT2D eigenvalue weighted by atomic mass is 10.1. The summed E-state index contributed by atoms with van der Waals surface area (Å²) in [5.74, 6) is 0.00994. The van der Waals surface area contributed by atoms with Crippen LogP contribution in [0.5, 0.6) is 0 Å². The van der Waals surface area contributed by atoms with E-state index in [0.29, 0.717) is 30.4 Å². The van der Waals surface area contributed by atoms with Crippen molar-refractivity contribution in [2.75, 3.05) is 18.0 Å². The van der Waals surface area contributed by atoms with Crippen molar-refractivity contribution in [2.45, 2.75) is 13.0 Å². The van der Waals surface area contributed by atoms with E-state index in [1.807, 2.05) is 4.57 Å². The molecule has 1 aliphatic rings. The Balaban J connectivity index is 1.33. The summed E-state index contributed by atoms with van der Waals surface area (Å²) in [6.07, 6.45) is 6.88. The fourth-order valence-corrected chi connectivity index (χ4v) is 3.31. The molecule has 8 nitrogen and oxygen atoms in total. The van der Waals surface area contributed by atoms with E-state index >= 15 is 0 Å². The number of benzene rings is 1. The molecule has 3 aromatic rings. The number of carbonyl (C=O) groups is 2. The van der Waals surface area contributed by atoms with E-state index < -0.39 is 5.92 Å². The maximum Gasteiger partial charge on any atom is 0.227 e. The van der Waals surface area contributed by atoms with Crippen LogP contribution in [-0.4, -0.2) is 44.4 Å². The SMILES string of the molecule is O=C(NCCn1ccnc1-c1ncccn1)[C@H]1CC(=O)N(c2ccc(F)cc2)C1. The molecular formula is C20H19FN6O2. The Morgan fingerprint density at radius 3 is 2.66 bits per heavy atom. The monoisotopic (exact) mass is 394 g/mol. The zero-order chi connectivity index (χ0) is 20.2. The first-order chi connectivity index (χ1) is 14.1. The first-order valence-electron chi connectivity index (χ1n) is 9.24. The van der Waals surface area contributed by atoms with Crippen LogP contribution in [0.1, 0.15) is 6.42 Å². The van der Waals surface area contributed by atoms with E-state index in [4.69, 9.17) is 0 Å². The van der Waals surface area contributed by atoms with Gasteiger partial charge in [0, 0.05) is 56.5 Å². The summed E-state index contributed by atoms with van der Waals surface area (Å²) in [4.78, 5) is 38.9. The van der Waals surface area contributed by atoms with E-state index in [2.05, 4.69) is 20.3 Å². The first-order valence-corrected chi connectivity index (χ1v) is 9.24. The highest BCUT2D eigenvalue weighted by atomic mass is 19.1. The predicted octanol–water partition coefficient (Wildman–Crippen LogP) is 1.65. The number of rotatable bonds is 6. The lowest BCUT2D eigenvalue weighted by molar-refractivity contribution is -0.126. The maximum absolute atomic E-state index is 13.1. The number of carbonyl (C=O) groups excluding carboxylic acids is 2. The summed E-state index contributed by atoms with van der Waals surface area (Å²) in [5.41, 5.74) is 0.595. The van der Waals surface area contributed by atoms with Gasteiger partial charge in [-0.1, -0.05) is 0 Å². The summed E-state index contributed by atoms with van der Waals surface area (Å²) >= 11 is 0. The van der Waals surface area contributed by atoms with Crippen molar-refractivity contribution in [3.05, 3.63) is 60.9 Å². The number of hydrogen-bond donors (Lipinski definition) is 1. The molecule has 0 aliphatic carbocycles. The number of aromatic nitrogens is 4. The molecule has 1 aromatic carbocycles. The number of hydrogen-bond acceptors (Lipinski definition) is 5. The number of halogens is 1. The van der Waals surface area contributed by atoms with Gasteiger partial charge in [-0.15, -0.1) is 0 Å². The average Bonchev–Trinajstić information content (AvgIpc) is 3.36. The number of anilines is 1. The highest BCUT2D eigenvalue weighted by Crippen LogP contribution is 2.25. The van der Waals surface area contributed by atoms with E-state index in [1.165, 1.54) is 17.0 Å². The van der Waals surface area contributed by atoms with Gasteiger partial charge in [-0.2, -0.15) is 0 Å². The highest BCUT2D eigenvalue weighted by molar-refractivity contribution is 6.00. The Morgan fingerprint density at radius 2 is 1.90 bits per heavy atom. The van der Waals surface area contributed by atoms with Gasteiger partial charge in [0.15, 0.2) is 11.6 Å². The van der Waals surface area contributed by atoms with Crippen molar-refractivity contribution in [1.29, 1.82) is 0 Å². The summed E-state index contributed by atoms with van der Waals surface area (Å²) in [7, 11) is 0. The van der Waals surface area contributed by atoms with Crippen LogP contribution in [0.15, 0.2) is 55.1 Å². The molecule has 3 heterocycles. The fraction of sp³-hybridized carbons (Fsp3) is 0.250. The molecule has 0 radical (unpaired) electrons. The van der Waals surface area contributed by atoms with Gasteiger partial charge in [-0.05, 0) is 30.3 Å². The minimum atomic E-state index is -0.438. The molecule has 0 unspecified atom stereocenters. The molecular weight excluding hydrogens is 375 g/mol. The van der Waals surface area contributed by atoms with Gasteiger partial charge in [0.2, 0.25) is 11.8 Å². The third kappa shape index (κ3) is 4.13. The molecule has 9 heteroatoms. The average molecular weight is 394 g/mol. The molecule has 2 aromatic heterocycles. The van der Waals surface area contributed by atoms with Gasteiger partial charge >= 0.3 is 0 Å². The minimum Gasteiger partial charge on any atom is -0.354 e.